The van der Waals surface area contributed by atoms with Gasteiger partial charge in [-0.25, -0.2) is 13.4 Å². The number of halogens is 1. The highest BCUT2D eigenvalue weighted by Gasteiger charge is 2.22. The summed E-state index contributed by atoms with van der Waals surface area (Å²) in [7, 11) is -1.92. The maximum Gasteiger partial charge on any atom is 0.229 e. The molecule has 0 aliphatic rings. The third-order valence-electron chi connectivity index (χ3n) is 5.14. The van der Waals surface area contributed by atoms with E-state index in [0.29, 0.717) is 21.6 Å². The molecule has 0 saturated carbocycles. The number of carbonyl (C=O) groups is 1. The summed E-state index contributed by atoms with van der Waals surface area (Å²) in [5, 5.41) is 0.993. The number of pyridine rings is 1. The van der Waals surface area contributed by atoms with Crippen molar-refractivity contribution in [2.24, 2.45) is 0 Å². The van der Waals surface area contributed by atoms with E-state index in [-0.39, 0.29) is 35.9 Å². The lowest BCUT2D eigenvalue weighted by Gasteiger charge is -2.19. The van der Waals surface area contributed by atoms with Crippen LogP contribution in [0.4, 0.5) is 5.13 Å². The second-order valence-corrected chi connectivity index (χ2v) is 11.1. The molecule has 0 aliphatic carbocycles. The number of amides is 1. The van der Waals surface area contributed by atoms with Gasteiger partial charge in [0.2, 0.25) is 5.91 Å². The molecular weight excluding hydrogens is 494 g/mol. The first kappa shape index (κ1) is 24.1. The van der Waals surface area contributed by atoms with E-state index in [0.717, 1.165) is 10.2 Å². The van der Waals surface area contributed by atoms with Crippen molar-refractivity contribution in [2.45, 2.75) is 24.3 Å². The van der Waals surface area contributed by atoms with Gasteiger partial charge in [-0.3, -0.25) is 14.7 Å². The molecule has 0 aliphatic heterocycles. The van der Waals surface area contributed by atoms with Crippen LogP contribution in [0.15, 0.2) is 71.8 Å². The van der Waals surface area contributed by atoms with Gasteiger partial charge >= 0.3 is 0 Å². The molecule has 0 spiro atoms. The van der Waals surface area contributed by atoms with Crippen LogP contribution in [0.2, 0.25) is 5.02 Å². The Bertz CT molecular complexity index is 1390. The van der Waals surface area contributed by atoms with Gasteiger partial charge < -0.3 is 4.74 Å². The van der Waals surface area contributed by atoms with Crippen molar-refractivity contribution >= 4 is 54.0 Å². The van der Waals surface area contributed by atoms with Gasteiger partial charge in [0.05, 0.1) is 40.2 Å². The van der Waals surface area contributed by atoms with Crippen LogP contribution in [-0.4, -0.2) is 37.2 Å². The summed E-state index contributed by atoms with van der Waals surface area (Å²) >= 11 is 7.23. The van der Waals surface area contributed by atoms with E-state index in [4.69, 9.17) is 16.3 Å². The molecule has 2 aromatic carbocycles. The van der Waals surface area contributed by atoms with Gasteiger partial charge in [-0.15, -0.1) is 0 Å². The summed E-state index contributed by atoms with van der Waals surface area (Å²) in [4.78, 5) is 24.0. The molecule has 176 valence electrons. The zero-order chi connectivity index (χ0) is 24.1. The molecule has 0 unspecified atom stereocenters. The SMILES string of the molecule is COc1ccc2nc(N(Cc3ccccn3)C(=O)CCCS(=O)(=O)c3ccc(Cl)cc3)sc2c1. The summed E-state index contributed by atoms with van der Waals surface area (Å²) in [6.07, 6.45) is 1.90. The number of benzene rings is 2. The lowest BCUT2D eigenvalue weighted by atomic mass is 10.2. The normalized spacial score (nSPS) is 11.5. The highest BCUT2D eigenvalue weighted by atomic mass is 35.5. The van der Waals surface area contributed by atoms with E-state index in [2.05, 4.69) is 9.97 Å². The smallest absolute Gasteiger partial charge is 0.229 e. The Hall–Kier alpha value is -3.01. The fourth-order valence-corrected chi connectivity index (χ4v) is 5.81. The molecular formula is C24H22ClN3O4S2. The number of anilines is 1. The maximum absolute atomic E-state index is 13.2. The number of thiazole rings is 1. The summed E-state index contributed by atoms with van der Waals surface area (Å²) < 4.78 is 31.4. The van der Waals surface area contributed by atoms with E-state index in [1.807, 2.05) is 30.3 Å². The first-order valence-electron chi connectivity index (χ1n) is 10.5. The average molecular weight is 516 g/mol. The van der Waals surface area contributed by atoms with Gasteiger partial charge in [0.1, 0.15) is 5.75 Å². The largest absolute Gasteiger partial charge is 0.497 e. The van der Waals surface area contributed by atoms with E-state index < -0.39 is 9.84 Å². The van der Waals surface area contributed by atoms with Crippen LogP contribution < -0.4 is 9.64 Å². The van der Waals surface area contributed by atoms with E-state index in [9.17, 15) is 13.2 Å². The van der Waals surface area contributed by atoms with E-state index in [1.54, 1.807) is 24.3 Å². The summed E-state index contributed by atoms with van der Waals surface area (Å²) in [6.45, 7) is 0.237. The Kier molecular flexibility index (Phi) is 7.45. The molecule has 2 heterocycles. The Morgan fingerprint density at radius 1 is 1.12 bits per heavy atom. The number of hydrogen-bond acceptors (Lipinski definition) is 7. The third kappa shape index (κ3) is 5.72. The van der Waals surface area contributed by atoms with Gasteiger partial charge in [0.25, 0.3) is 0 Å². The third-order valence-corrected chi connectivity index (χ3v) is 8.25. The van der Waals surface area contributed by atoms with Crippen LogP contribution in [0.1, 0.15) is 18.5 Å². The number of fused-ring (bicyclic) bond motifs is 1. The highest BCUT2D eigenvalue weighted by Crippen LogP contribution is 2.32. The van der Waals surface area contributed by atoms with Crippen molar-refractivity contribution in [3.63, 3.8) is 0 Å². The van der Waals surface area contributed by atoms with Crippen molar-refractivity contribution in [3.05, 3.63) is 77.6 Å². The van der Waals surface area contributed by atoms with E-state index in [1.165, 1.54) is 35.6 Å². The molecule has 0 radical (unpaired) electrons. The van der Waals surface area contributed by atoms with Crippen molar-refractivity contribution in [3.8, 4) is 5.75 Å². The number of sulfone groups is 1. The molecule has 4 rings (SSSR count). The molecule has 0 N–H and O–H groups in total. The van der Waals surface area contributed by atoms with Crippen LogP contribution in [0, 0.1) is 0 Å². The lowest BCUT2D eigenvalue weighted by molar-refractivity contribution is -0.118. The standard InChI is InChI=1S/C24H22ClN3O4S2/c1-32-19-9-12-21-22(15-19)33-24(27-21)28(16-18-5-2-3-13-26-18)23(29)6-4-14-34(30,31)20-10-7-17(25)8-11-20/h2-3,5,7-13,15H,4,6,14,16H2,1H3. The van der Waals surface area contributed by atoms with Crippen molar-refractivity contribution < 1.29 is 17.9 Å². The molecule has 2 aromatic heterocycles. The first-order chi connectivity index (χ1) is 16.4. The number of carbonyl (C=O) groups excluding carboxylic acids is 1. The Morgan fingerprint density at radius 2 is 1.91 bits per heavy atom. The van der Waals surface area contributed by atoms with Gasteiger partial charge in [0.15, 0.2) is 15.0 Å². The van der Waals surface area contributed by atoms with Crippen LogP contribution in [-0.2, 0) is 21.2 Å². The van der Waals surface area contributed by atoms with Gasteiger partial charge in [0, 0.05) is 17.6 Å². The molecule has 10 heteroatoms. The summed E-state index contributed by atoms with van der Waals surface area (Å²) in [5.74, 6) is 0.343. The number of hydrogen-bond donors (Lipinski definition) is 0. The number of aromatic nitrogens is 2. The molecule has 0 bridgehead atoms. The minimum Gasteiger partial charge on any atom is -0.497 e. The zero-order valence-corrected chi connectivity index (χ0v) is 20.7. The van der Waals surface area contributed by atoms with Crippen LogP contribution in [0.3, 0.4) is 0 Å². The summed E-state index contributed by atoms with van der Waals surface area (Å²) in [6, 6.07) is 17.1. The van der Waals surface area contributed by atoms with Crippen LogP contribution in [0.5, 0.6) is 5.75 Å². The minimum atomic E-state index is -3.52. The molecule has 34 heavy (non-hydrogen) atoms. The maximum atomic E-state index is 13.2. The Morgan fingerprint density at radius 3 is 2.62 bits per heavy atom. The highest BCUT2D eigenvalue weighted by molar-refractivity contribution is 7.91. The Labute approximate surface area is 206 Å². The van der Waals surface area contributed by atoms with Gasteiger partial charge in [-0.1, -0.05) is 29.0 Å². The molecule has 4 aromatic rings. The lowest BCUT2D eigenvalue weighted by Crippen LogP contribution is -2.30. The molecule has 0 fully saturated rings. The predicted octanol–water partition coefficient (Wildman–Crippen LogP) is 5.14. The van der Waals surface area contributed by atoms with Gasteiger partial charge in [-0.2, -0.15) is 0 Å². The molecule has 0 saturated heterocycles. The second-order valence-electron chi connectivity index (χ2n) is 7.51. The number of nitrogens with zero attached hydrogens (tertiary/aromatic N) is 3. The average Bonchev–Trinajstić information content (AvgIpc) is 3.26. The molecule has 1 amide bonds. The van der Waals surface area contributed by atoms with Crippen molar-refractivity contribution in [2.75, 3.05) is 17.8 Å². The fourth-order valence-electron chi connectivity index (χ4n) is 3.36. The van der Waals surface area contributed by atoms with Crippen LogP contribution in [0.25, 0.3) is 10.2 Å². The van der Waals surface area contributed by atoms with Gasteiger partial charge in [-0.05, 0) is 61.0 Å². The van der Waals surface area contributed by atoms with Crippen molar-refractivity contribution in [1.82, 2.24) is 9.97 Å². The van der Waals surface area contributed by atoms with Crippen molar-refractivity contribution in [1.29, 1.82) is 0 Å². The Balaban J connectivity index is 1.53. The summed E-state index contributed by atoms with van der Waals surface area (Å²) in [5.41, 5.74) is 1.46. The predicted molar refractivity (Wildman–Crippen MR) is 134 cm³/mol. The zero-order valence-electron chi connectivity index (χ0n) is 18.3. The van der Waals surface area contributed by atoms with Crippen LogP contribution >= 0.6 is 22.9 Å². The second kappa shape index (κ2) is 10.5. The quantitative estimate of drug-likeness (QED) is 0.306. The number of rotatable bonds is 9. The minimum absolute atomic E-state index is 0.0545. The number of ether oxygens (including phenoxy) is 1. The fraction of sp³-hybridized carbons (Fsp3) is 0.208. The first-order valence-corrected chi connectivity index (χ1v) is 13.3. The monoisotopic (exact) mass is 515 g/mol. The topological polar surface area (TPSA) is 89.5 Å². The number of methoxy groups -OCH3 is 1. The van der Waals surface area contributed by atoms with E-state index >= 15 is 0 Å². The molecule has 0 atom stereocenters. The molecule has 7 nitrogen and oxygen atoms in total.